The van der Waals surface area contributed by atoms with E-state index in [1.807, 2.05) is 48.5 Å². The SMILES string of the molecule is COc1cc2c(cc1OCC1CCCN(C)C1)C(=O)c1c(-c3ccc(-c4ccc(O)cc4)cc3)n[nH]c1-2. The third-order valence-electron chi connectivity index (χ3n) is 7.37. The van der Waals surface area contributed by atoms with E-state index in [-0.39, 0.29) is 11.5 Å². The van der Waals surface area contributed by atoms with Crippen LogP contribution in [-0.4, -0.2) is 59.8 Å². The molecule has 0 bridgehead atoms. The molecule has 0 saturated carbocycles. The number of benzene rings is 3. The molecule has 1 aliphatic carbocycles. The van der Waals surface area contributed by atoms with Gasteiger partial charge in [-0.25, -0.2) is 0 Å². The minimum absolute atomic E-state index is 0.0683. The number of carbonyl (C=O) groups excluding carboxylic acids is 1. The molecule has 6 rings (SSSR count). The molecule has 1 saturated heterocycles. The lowest BCUT2D eigenvalue weighted by molar-refractivity contribution is 0.104. The first-order valence-corrected chi connectivity index (χ1v) is 12.6. The molecular weight excluding hydrogens is 466 g/mol. The Morgan fingerprint density at radius 2 is 1.68 bits per heavy atom. The van der Waals surface area contributed by atoms with Crippen molar-refractivity contribution < 1.29 is 19.4 Å². The molecule has 7 nitrogen and oxygen atoms in total. The number of piperidine rings is 1. The van der Waals surface area contributed by atoms with Crippen LogP contribution in [0, 0.1) is 5.92 Å². The van der Waals surface area contributed by atoms with Crippen molar-refractivity contribution in [3.63, 3.8) is 0 Å². The fourth-order valence-corrected chi connectivity index (χ4v) is 5.42. The van der Waals surface area contributed by atoms with E-state index in [0.29, 0.717) is 46.5 Å². The predicted octanol–water partition coefficient (Wildman–Crippen LogP) is 5.39. The first-order chi connectivity index (χ1) is 18.0. The molecule has 2 heterocycles. The van der Waals surface area contributed by atoms with Gasteiger partial charge in [-0.05, 0) is 61.8 Å². The molecule has 1 unspecified atom stereocenters. The van der Waals surface area contributed by atoms with Crippen molar-refractivity contribution in [2.45, 2.75) is 12.8 Å². The first kappa shape index (κ1) is 23.3. The summed E-state index contributed by atoms with van der Waals surface area (Å²) in [5.41, 5.74) is 6.15. The third-order valence-corrected chi connectivity index (χ3v) is 7.37. The summed E-state index contributed by atoms with van der Waals surface area (Å²) in [6.45, 7) is 2.73. The van der Waals surface area contributed by atoms with Gasteiger partial charge >= 0.3 is 0 Å². The molecule has 2 N–H and O–H groups in total. The second-order valence-corrected chi connectivity index (χ2v) is 9.91. The number of H-pyrrole nitrogens is 1. The van der Waals surface area contributed by atoms with E-state index >= 15 is 0 Å². The molecule has 0 amide bonds. The molecule has 37 heavy (non-hydrogen) atoms. The zero-order valence-corrected chi connectivity index (χ0v) is 21.0. The maximum atomic E-state index is 13.6. The lowest BCUT2D eigenvalue weighted by Gasteiger charge is -2.29. The van der Waals surface area contributed by atoms with E-state index in [0.717, 1.165) is 41.8 Å². The highest BCUT2D eigenvalue weighted by atomic mass is 16.5. The van der Waals surface area contributed by atoms with E-state index in [1.165, 1.54) is 6.42 Å². The number of ether oxygens (including phenoxy) is 2. The summed E-state index contributed by atoms with van der Waals surface area (Å²) in [6.07, 6.45) is 2.31. The van der Waals surface area contributed by atoms with Gasteiger partial charge in [0.15, 0.2) is 17.3 Å². The van der Waals surface area contributed by atoms with Gasteiger partial charge in [-0.2, -0.15) is 5.10 Å². The summed E-state index contributed by atoms with van der Waals surface area (Å²) in [5.74, 6) is 1.83. The van der Waals surface area contributed by atoms with Gasteiger partial charge in [0.05, 0.1) is 25.0 Å². The second kappa shape index (κ2) is 9.41. The van der Waals surface area contributed by atoms with Crippen LogP contribution in [0.25, 0.3) is 33.6 Å². The van der Waals surface area contributed by atoms with Crippen LogP contribution in [0.1, 0.15) is 28.8 Å². The predicted molar refractivity (Wildman–Crippen MR) is 142 cm³/mol. The van der Waals surface area contributed by atoms with Crippen molar-refractivity contribution >= 4 is 5.78 Å². The maximum absolute atomic E-state index is 13.6. The van der Waals surface area contributed by atoms with Crippen molar-refractivity contribution in [2.24, 2.45) is 5.92 Å². The molecule has 2 aliphatic rings. The average molecular weight is 496 g/mol. The topological polar surface area (TPSA) is 87.7 Å². The highest BCUT2D eigenvalue weighted by molar-refractivity contribution is 6.24. The summed E-state index contributed by atoms with van der Waals surface area (Å²) in [5, 5.41) is 17.1. The largest absolute Gasteiger partial charge is 0.508 e. The molecule has 188 valence electrons. The van der Waals surface area contributed by atoms with Gasteiger partial charge in [0, 0.05) is 29.2 Å². The van der Waals surface area contributed by atoms with Gasteiger partial charge in [0.1, 0.15) is 11.4 Å². The number of fused-ring (bicyclic) bond motifs is 3. The number of aromatic nitrogens is 2. The number of nitrogens with zero attached hydrogens (tertiary/aromatic N) is 2. The minimum Gasteiger partial charge on any atom is -0.508 e. The number of phenols is 1. The minimum atomic E-state index is -0.0683. The van der Waals surface area contributed by atoms with Crippen molar-refractivity contribution in [3.8, 4) is 50.9 Å². The monoisotopic (exact) mass is 495 g/mol. The normalized spacial score (nSPS) is 16.9. The van der Waals surface area contributed by atoms with Gasteiger partial charge in [0.2, 0.25) is 0 Å². The molecule has 7 heteroatoms. The van der Waals surface area contributed by atoms with Crippen LogP contribution in [0.15, 0.2) is 60.7 Å². The van der Waals surface area contributed by atoms with Gasteiger partial charge < -0.3 is 19.5 Å². The zero-order chi connectivity index (χ0) is 25.5. The third kappa shape index (κ3) is 4.25. The summed E-state index contributed by atoms with van der Waals surface area (Å²) < 4.78 is 11.8. The molecule has 0 radical (unpaired) electrons. The molecule has 1 atom stereocenters. The molecule has 1 aromatic heterocycles. The number of hydrogen-bond donors (Lipinski definition) is 2. The number of phenolic OH excluding ortho intramolecular Hbond substituents is 1. The number of carbonyl (C=O) groups is 1. The van der Waals surface area contributed by atoms with Gasteiger partial charge in [-0.15, -0.1) is 0 Å². The Labute approximate surface area is 215 Å². The summed E-state index contributed by atoms with van der Waals surface area (Å²) in [4.78, 5) is 15.9. The molecule has 3 aromatic carbocycles. The standard InChI is InChI=1S/C30H29N3O4/c1-33-13-3-4-18(16-33)17-37-26-15-24-23(14-25(26)36-2)29-27(30(24)35)28(31-32-29)21-7-5-19(6-8-21)20-9-11-22(34)12-10-20/h5-12,14-15,18,34H,3-4,13,16-17H2,1-2H3,(H,31,32). The smallest absolute Gasteiger partial charge is 0.198 e. The molecule has 1 aliphatic heterocycles. The van der Waals surface area contributed by atoms with Crippen LogP contribution in [0.2, 0.25) is 0 Å². The number of ketones is 1. The highest BCUT2D eigenvalue weighted by Gasteiger charge is 2.34. The Bertz CT molecular complexity index is 1460. The number of rotatable bonds is 6. The van der Waals surface area contributed by atoms with Crippen molar-refractivity contribution in [3.05, 3.63) is 71.8 Å². The number of methoxy groups -OCH3 is 1. The van der Waals surface area contributed by atoms with E-state index in [9.17, 15) is 9.90 Å². The summed E-state index contributed by atoms with van der Waals surface area (Å²) in [7, 11) is 3.76. The van der Waals surface area contributed by atoms with E-state index in [1.54, 1.807) is 19.2 Å². The number of hydrogen-bond acceptors (Lipinski definition) is 6. The Kier molecular flexibility index (Phi) is 5.93. The molecule has 1 fully saturated rings. The van der Waals surface area contributed by atoms with Crippen LogP contribution in [0.3, 0.4) is 0 Å². The van der Waals surface area contributed by atoms with Gasteiger partial charge in [0.25, 0.3) is 0 Å². The molecular formula is C30H29N3O4. The van der Waals surface area contributed by atoms with Crippen molar-refractivity contribution in [1.82, 2.24) is 15.1 Å². The van der Waals surface area contributed by atoms with E-state index in [4.69, 9.17) is 9.47 Å². The van der Waals surface area contributed by atoms with Crippen LogP contribution >= 0.6 is 0 Å². The van der Waals surface area contributed by atoms with E-state index < -0.39 is 0 Å². The Morgan fingerprint density at radius 3 is 2.38 bits per heavy atom. The summed E-state index contributed by atoms with van der Waals surface area (Å²) in [6, 6.07) is 18.7. The van der Waals surface area contributed by atoms with Crippen LogP contribution in [-0.2, 0) is 0 Å². The Balaban J connectivity index is 1.28. The van der Waals surface area contributed by atoms with Crippen molar-refractivity contribution in [2.75, 3.05) is 33.9 Å². The molecule has 4 aromatic rings. The summed E-state index contributed by atoms with van der Waals surface area (Å²) >= 11 is 0. The zero-order valence-electron chi connectivity index (χ0n) is 21.0. The van der Waals surface area contributed by atoms with Crippen LogP contribution in [0.5, 0.6) is 17.2 Å². The number of nitrogens with one attached hydrogen (secondary N) is 1. The van der Waals surface area contributed by atoms with Gasteiger partial charge in [-0.1, -0.05) is 36.4 Å². The van der Waals surface area contributed by atoms with Crippen molar-refractivity contribution in [1.29, 1.82) is 0 Å². The second-order valence-electron chi connectivity index (χ2n) is 9.91. The number of likely N-dealkylation sites (tertiary alicyclic amines) is 1. The number of aromatic amines is 1. The Morgan fingerprint density at radius 1 is 1.00 bits per heavy atom. The quantitative estimate of drug-likeness (QED) is 0.328. The van der Waals surface area contributed by atoms with Crippen LogP contribution < -0.4 is 9.47 Å². The molecule has 0 spiro atoms. The lowest BCUT2D eigenvalue weighted by atomic mass is 9.99. The average Bonchev–Trinajstić information content (AvgIpc) is 3.47. The Hall–Kier alpha value is -4.10. The number of aromatic hydroxyl groups is 1. The highest BCUT2D eigenvalue weighted by Crippen LogP contribution is 2.45. The van der Waals surface area contributed by atoms with Crippen LogP contribution in [0.4, 0.5) is 0 Å². The van der Waals surface area contributed by atoms with Gasteiger partial charge in [-0.3, -0.25) is 9.89 Å². The van der Waals surface area contributed by atoms with E-state index in [2.05, 4.69) is 22.1 Å². The fraction of sp³-hybridized carbons (Fsp3) is 0.267. The lowest BCUT2D eigenvalue weighted by Crippen LogP contribution is -2.34. The first-order valence-electron chi connectivity index (χ1n) is 12.6. The fourth-order valence-electron chi connectivity index (χ4n) is 5.42. The maximum Gasteiger partial charge on any atom is 0.198 e.